The Hall–Kier alpha value is -3.92. The summed E-state index contributed by atoms with van der Waals surface area (Å²) in [6.07, 6.45) is 1.91. The summed E-state index contributed by atoms with van der Waals surface area (Å²) >= 11 is 0. The van der Waals surface area contributed by atoms with Gasteiger partial charge < -0.3 is 0 Å². The third kappa shape index (κ3) is 2.78. The lowest BCUT2D eigenvalue weighted by Gasteiger charge is -2.41. The molecule has 3 heterocycles. The van der Waals surface area contributed by atoms with Gasteiger partial charge in [-0.15, -0.1) is 0 Å². The lowest BCUT2D eigenvalue weighted by Crippen LogP contribution is -2.30. The summed E-state index contributed by atoms with van der Waals surface area (Å²) in [4.78, 5) is 12.3. The molecule has 0 aliphatic carbocycles. The summed E-state index contributed by atoms with van der Waals surface area (Å²) in [5.41, 5.74) is 10.4. The summed E-state index contributed by atoms with van der Waals surface area (Å²) in [5.74, 6) is 1.82. The van der Waals surface area contributed by atoms with Crippen LogP contribution in [0.25, 0.3) is 16.7 Å². The monoisotopic (exact) mass is 444 g/mol. The van der Waals surface area contributed by atoms with Crippen LogP contribution in [-0.4, -0.2) is 14.5 Å². The Balaban J connectivity index is 1.67. The maximum atomic E-state index is 5.09. The van der Waals surface area contributed by atoms with Crippen molar-refractivity contribution in [2.45, 2.75) is 40.0 Å². The number of rotatable bonds is 2. The van der Waals surface area contributed by atoms with Crippen LogP contribution in [0, 0.1) is 20.8 Å². The highest BCUT2D eigenvalue weighted by atomic mass is 15.2. The molecular formula is C30H28N4. The minimum absolute atomic E-state index is 0.106. The number of benzene rings is 3. The number of imidazole rings is 1. The first-order chi connectivity index (χ1) is 16.4. The van der Waals surface area contributed by atoms with E-state index in [0.29, 0.717) is 0 Å². The van der Waals surface area contributed by atoms with Gasteiger partial charge in [0.05, 0.1) is 22.6 Å². The molecule has 0 fully saturated rings. The maximum Gasteiger partial charge on any atom is 0.165 e. The van der Waals surface area contributed by atoms with Crippen molar-refractivity contribution in [3.63, 3.8) is 0 Å². The maximum absolute atomic E-state index is 5.09. The zero-order chi connectivity index (χ0) is 23.6. The predicted molar refractivity (Wildman–Crippen MR) is 140 cm³/mol. The molecule has 4 nitrogen and oxygen atoms in total. The number of hydrogen-bond donors (Lipinski definition) is 0. The first-order valence-electron chi connectivity index (χ1n) is 11.8. The molecule has 0 saturated carbocycles. The lowest BCUT2D eigenvalue weighted by atomic mass is 9.73. The SMILES string of the molecule is Cc1cccc(C)c1-n1c(C)nc2c(N3c4ccccc4C(C)(C)c4ccccc43)nccc21. The van der Waals surface area contributed by atoms with Gasteiger partial charge in [-0.3, -0.25) is 9.47 Å². The Morgan fingerprint density at radius 2 is 1.29 bits per heavy atom. The average molecular weight is 445 g/mol. The van der Waals surface area contributed by atoms with Gasteiger partial charge in [-0.2, -0.15) is 0 Å². The second kappa shape index (κ2) is 7.29. The Kier molecular flexibility index (Phi) is 4.43. The molecule has 3 aromatic carbocycles. The molecule has 0 spiro atoms. The molecule has 1 aliphatic heterocycles. The minimum Gasteiger partial charge on any atom is -0.296 e. The van der Waals surface area contributed by atoms with Crippen molar-refractivity contribution in [1.82, 2.24) is 14.5 Å². The van der Waals surface area contributed by atoms with Gasteiger partial charge in [0.2, 0.25) is 0 Å². The van der Waals surface area contributed by atoms with E-state index in [2.05, 4.69) is 117 Å². The van der Waals surface area contributed by atoms with Crippen molar-refractivity contribution in [3.8, 4) is 5.69 Å². The first kappa shape index (κ1) is 20.7. The molecule has 0 radical (unpaired) electrons. The van der Waals surface area contributed by atoms with E-state index >= 15 is 0 Å². The van der Waals surface area contributed by atoms with Crippen LogP contribution in [0.4, 0.5) is 17.2 Å². The van der Waals surface area contributed by atoms with E-state index in [1.165, 1.54) is 27.9 Å². The highest BCUT2D eigenvalue weighted by Crippen LogP contribution is 2.52. The van der Waals surface area contributed by atoms with E-state index in [1.54, 1.807) is 0 Å². The van der Waals surface area contributed by atoms with E-state index < -0.39 is 0 Å². The Labute approximate surface area is 200 Å². The molecule has 168 valence electrons. The van der Waals surface area contributed by atoms with Crippen LogP contribution in [0.3, 0.4) is 0 Å². The van der Waals surface area contributed by atoms with Crippen LogP contribution in [0.1, 0.15) is 41.9 Å². The number of aryl methyl sites for hydroxylation is 3. The molecule has 0 amide bonds. The minimum atomic E-state index is -0.106. The Bertz CT molecular complexity index is 1500. The molecule has 5 aromatic rings. The fourth-order valence-electron chi connectivity index (χ4n) is 5.61. The number of para-hydroxylation sites is 3. The third-order valence-corrected chi connectivity index (χ3v) is 7.23. The summed E-state index contributed by atoms with van der Waals surface area (Å²) in [6.45, 7) is 11.0. The molecule has 0 N–H and O–H groups in total. The van der Waals surface area contributed by atoms with Gasteiger partial charge in [-0.25, -0.2) is 9.97 Å². The molecule has 0 unspecified atom stereocenters. The van der Waals surface area contributed by atoms with E-state index in [9.17, 15) is 0 Å². The van der Waals surface area contributed by atoms with Gasteiger partial charge in [-0.05, 0) is 61.2 Å². The van der Waals surface area contributed by atoms with E-state index in [1.807, 2.05) is 6.20 Å². The molecule has 0 saturated heterocycles. The second-order valence-electron chi connectivity index (χ2n) is 9.73. The molecule has 34 heavy (non-hydrogen) atoms. The van der Waals surface area contributed by atoms with E-state index in [0.717, 1.165) is 34.1 Å². The topological polar surface area (TPSA) is 34.0 Å². The number of pyridine rings is 1. The van der Waals surface area contributed by atoms with Crippen LogP contribution in [0.5, 0.6) is 0 Å². The summed E-state index contributed by atoms with van der Waals surface area (Å²) in [6, 6.07) is 25.8. The zero-order valence-corrected chi connectivity index (χ0v) is 20.3. The first-order valence-corrected chi connectivity index (χ1v) is 11.8. The van der Waals surface area contributed by atoms with E-state index in [4.69, 9.17) is 9.97 Å². The van der Waals surface area contributed by atoms with Crippen molar-refractivity contribution in [3.05, 3.63) is 107 Å². The van der Waals surface area contributed by atoms with Crippen molar-refractivity contribution in [2.75, 3.05) is 4.90 Å². The quantitative estimate of drug-likeness (QED) is 0.283. The lowest BCUT2D eigenvalue weighted by molar-refractivity contribution is 0.631. The fourth-order valence-corrected chi connectivity index (χ4v) is 5.61. The number of fused-ring (bicyclic) bond motifs is 3. The van der Waals surface area contributed by atoms with Crippen molar-refractivity contribution in [2.24, 2.45) is 0 Å². The highest BCUT2D eigenvalue weighted by molar-refractivity contribution is 5.96. The van der Waals surface area contributed by atoms with Gasteiger partial charge in [-0.1, -0.05) is 68.4 Å². The zero-order valence-electron chi connectivity index (χ0n) is 20.3. The molecule has 1 aliphatic rings. The van der Waals surface area contributed by atoms with Gasteiger partial charge in [0, 0.05) is 11.6 Å². The van der Waals surface area contributed by atoms with Crippen molar-refractivity contribution >= 4 is 28.2 Å². The van der Waals surface area contributed by atoms with Crippen LogP contribution in [0.15, 0.2) is 79.0 Å². The van der Waals surface area contributed by atoms with Gasteiger partial charge >= 0.3 is 0 Å². The molecule has 4 heteroatoms. The highest BCUT2D eigenvalue weighted by Gasteiger charge is 2.37. The number of nitrogens with zero attached hydrogens (tertiary/aromatic N) is 4. The Morgan fingerprint density at radius 1 is 0.706 bits per heavy atom. The molecular weight excluding hydrogens is 416 g/mol. The van der Waals surface area contributed by atoms with Gasteiger partial charge in [0.15, 0.2) is 5.82 Å². The van der Waals surface area contributed by atoms with Crippen LogP contribution < -0.4 is 4.90 Å². The average Bonchev–Trinajstić information content (AvgIpc) is 3.16. The van der Waals surface area contributed by atoms with Gasteiger partial charge in [0.1, 0.15) is 11.3 Å². The third-order valence-electron chi connectivity index (χ3n) is 7.23. The largest absolute Gasteiger partial charge is 0.296 e. The molecule has 6 rings (SSSR count). The number of anilines is 3. The standard InChI is InChI=1S/C30H28N4/c1-19-11-10-12-20(2)28(19)33-21(3)32-27-26(33)17-18-31-29(27)34-24-15-8-6-13-22(24)30(4,5)23-14-7-9-16-25(23)34/h6-18H,1-5H3. The number of aromatic nitrogens is 3. The Morgan fingerprint density at radius 3 is 1.91 bits per heavy atom. The molecule has 2 aromatic heterocycles. The fraction of sp³-hybridized carbons (Fsp3) is 0.200. The van der Waals surface area contributed by atoms with Crippen LogP contribution >= 0.6 is 0 Å². The van der Waals surface area contributed by atoms with E-state index in [-0.39, 0.29) is 5.41 Å². The summed E-state index contributed by atoms with van der Waals surface area (Å²) < 4.78 is 2.27. The van der Waals surface area contributed by atoms with Crippen molar-refractivity contribution in [1.29, 1.82) is 0 Å². The van der Waals surface area contributed by atoms with Crippen molar-refractivity contribution < 1.29 is 0 Å². The molecule has 0 atom stereocenters. The smallest absolute Gasteiger partial charge is 0.165 e. The molecule has 0 bridgehead atoms. The van der Waals surface area contributed by atoms with Crippen LogP contribution in [0.2, 0.25) is 0 Å². The number of hydrogen-bond acceptors (Lipinski definition) is 3. The summed E-state index contributed by atoms with van der Waals surface area (Å²) in [5, 5.41) is 0. The predicted octanol–water partition coefficient (Wildman–Crippen LogP) is 7.45. The van der Waals surface area contributed by atoms with Gasteiger partial charge in [0.25, 0.3) is 0 Å². The van der Waals surface area contributed by atoms with Crippen LogP contribution in [-0.2, 0) is 5.41 Å². The summed E-state index contributed by atoms with van der Waals surface area (Å²) in [7, 11) is 0. The normalized spacial score (nSPS) is 14.2. The second-order valence-corrected chi connectivity index (χ2v) is 9.73.